The van der Waals surface area contributed by atoms with Gasteiger partial charge in [0.15, 0.2) is 0 Å². The van der Waals surface area contributed by atoms with Gasteiger partial charge in [-0.25, -0.2) is 4.72 Å². The molecule has 0 aromatic rings. The molecule has 0 spiro atoms. The summed E-state index contributed by atoms with van der Waals surface area (Å²) in [4.78, 5) is 14.0. The van der Waals surface area contributed by atoms with E-state index in [1.54, 1.807) is 4.31 Å². The molecule has 0 aliphatic carbocycles. The number of hydrogen-bond acceptors (Lipinski definition) is 3. The van der Waals surface area contributed by atoms with Gasteiger partial charge in [-0.2, -0.15) is 12.7 Å². The maximum absolute atomic E-state index is 12.6. The van der Waals surface area contributed by atoms with Crippen LogP contribution in [0.1, 0.15) is 66.2 Å². The van der Waals surface area contributed by atoms with Gasteiger partial charge in [-0.15, -0.1) is 0 Å². The van der Waals surface area contributed by atoms with Gasteiger partial charge in [0.25, 0.3) is 10.2 Å². The Bertz CT molecular complexity index is 474. The van der Waals surface area contributed by atoms with Crippen molar-refractivity contribution in [1.29, 1.82) is 0 Å². The standard InChI is InChI=1S/C18H37N3O3S/c1-16(2)9-14-21(15-10-17(3)4)25(23,24)19-11-8-18(22)20-12-6-5-7-13-20/h16-17,19H,5-15H2,1-4H3. The zero-order valence-corrected chi connectivity index (χ0v) is 17.3. The highest BCUT2D eigenvalue weighted by atomic mass is 32.2. The van der Waals surface area contributed by atoms with Crippen LogP contribution in [0.4, 0.5) is 0 Å². The number of carbonyl (C=O) groups excluding carboxylic acids is 1. The molecule has 1 saturated heterocycles. The van der Waals surface area contributed by atoms with Gasteiger partial charge in [-0.1, -0.05) is 27.7 Å². The largest absolute Gasteiger partial charge is 0.343 e. The van der Waals surface area contributed by atoms with Crippen molar-refractivity contribution in [2.45, 2.75) is 66.2 Å². The molecule has 148 valence electrons. The van der Waals surface area contributed by atoms with Crippen LogP contribution in [0, 0.1) is 11.8 Å². The number of nitrogens with one attached hydrogen (secondary N) is 1. The molecular formula is C18H37N3O3S. The Morgan fingerprint density at radius 2 is 1.52 bits per heavy atom. The Hall–Kier alpha value is -0.660. The summed E-state index contributed by atoms with van der Waals surface area (Å²) in [6.07, 6.45) is 5.20. The molecule has 1 heterocycles. The Balaban J connectivity index is 2.50. The monoisotopic (exact) mass is 375 g/mol. The van der Waals surface area contributed by atoms with Crippen LogP contribution < -0.4 is 4.72 Å². The van der Waals surface area contributed by atoms with Crippen molar-refractivity contribution in [3.05, 3.63) is 0 Å². The summed E-state index contributed by atoms with van der Waals surface area (Å²) in [6.45, 7) is 11.2. The van der Waals surface area contributed by atoms with Gasteiger partial charge in [-0.05, 0) is 43.9 Å². The van der Waals surface area contributed by atoms with Crippen LogP contribution in [0.25, 0.3) is 0 Å². The lowest BCUT2D eigenvalue weighted by atomic mass is 10.1. The number of nitrogens with zero attached hydrogens (tertiary/aromatic N) is 2. The van der Waals surface area contributed by atoms with Gasteiger partial charge in [0.1, 0.15) is 0 Å². The van der Waals surface area contributed by atoms with Crippen molar-refractivity contribution < 1.29 is 13.2 Å². The van der Waals surface area contributed by atoms with Gasteiger partial charge < -0.3 is 4.90 Å². The third kappa shape index (κ3) is 9.01. The highest BCUT2D eigenvalue weighted by Crippen LogP contribution is 2.11. The van der Waals surface area contributed by atoms with E-state index < -0.39 is 10.2 Å². The van der Waals surface area contributed by atoms with Crippen molar-refractivity contribution in [3.8, 4) is 0 Å². The number of piperidine rings is 1. The summed E-state index contributed by atoms with van der Waals surface area (Å²) in [5.41, 5.74) is 0. The fraction of sp³-hybridized carbons (Fsp3) is 0.944. The summed E-state index contributed by atoms with van der Waals surface area (Å²) < 4.78 is 29.4. The van der Waals surface area contributed by atoms with E-state index in [1.807, 2.05) is 4.90 Å². The first kappa shape index (κ1) is 22.4. The fourth-order valence-corrected chi connectivity index (χ4v) is 4.07. The Labute approximate surface area is 154 Å². The van der Waals surface area contributed by atoms with Crippen LogP contribution in [-0.4, -0.2) is 56.3 Å². The number of rotatable bonds is 11. The second kappa shape index (κ2) is 11.1. The number of amides is 1. The quantitative estimate of drug-likeness (QED) is 0.603. The SMILES string of the molecule is CC(C)CCN(CCC(C)C)S(=O)(=O)NCCC(=O)N1CCCCC1. The van der Waals surface area contributed by atoms with Gasteiger partial charge >= 0.3 is 0 Å². The van der Waals surface area contributed by atoms with E-state index in [0.29, 0.717) is 24.9 Å². The lowest BCUT2D eigenvalue weighted by Gasteiger charge is -2.27. The van der Waals surface area contributed by atoms with Crippen molar-refractivity contribution >= 4 is 16.1 Å². The summed E-state index contributed by atoms with van der Waals surface area (Å²) in [6, 6.07) is 0. The molecule has 0 atom stereocenters. The molecule has 1 fully saturated rings. The molecular weight excluding hydrogens is 338 g/mol. The first-order valence-corrected chi connectivity index (χ1v) is 11.2. The third-order valence-corrected chi connectivity index (χ3v) is 6.20. The minimum atomic E-state index is -3.53. The van der Waals surface area contributed by atoms with E-state index in [4.69, 9.17) is 0 Å². The van der Waals surface area contributed by atoms with Gasteiger partial charge in [-0.3, -0.25) is 4.79 Å². The highest BCUT2D eigenvalue weighted by molar-refractivity contribution is 7.87. The van der Waals surface area contributed by atoms with Crippen LogP contribution in [-0.2, 0) is 15.0 Å². The average Bonchev–Trinajstić information content (AvgIpc) is 2.54. The van der Waals surface area contributed by atoms with E-state index in [1.165, 1.54) is 6.42 Å². The second-order valence-corrected chi connectivity index (χ2v) is 9.61. The summed E-state index contributed by atoms with van der Waals surface area (Å²) >= 11 is 0. The first-order valence-electron chi connectivity index (χ1n) is 9.75. The zero-order valence-electron chi connectivity index (χ0n) is 16.5. The van der Waals surface area contributed by atoms with Crippen molar-refractivity contribution in [3.63, 3.8) is 0 Å². The molecule has 0 saturated carbocycles. The average molecular weight is 376 g/mol. The van der Waals surface area contributed by atoms with Gasteiger partial charge in [0, 0.05) is 39.1 Å². The smallest absolute Gasteiger partial charge is 0.279 e. The molecule has 25 heavy (non-hydrogen) atoms. The minimum absolute atomic E-state index is 0.0540. The Morgan fingerprint density at radius 3 is 2.00 bits per heavy atom. The molecule has 0 aromatic heterocycles. The Morgan fingerprint density at radius 1 is 1.00 bits per heavy atom. The van der Waals surface area contributed by atoms with Crippen molar-refractivity contribution in [1.82, 2.24) is 13.9 Å². The topological polar surface area (TPSA) is 69.7 Å². The molecule has 1 aliphatic heterocycles. The zero-order chi connectivity index (χ0) is 18.9. The van der Waals surface area contributed by atoms with Crippen LogP contribution in [0.5, 0.6) is 0 Å². The predicted octanol–water partition coefficient (Wildman–Crippen LogP) is 2.62. The van der Waals surface area contributed by atoms with Crippen molar-refractivity contribution in [2.24, 2.45) is 11.8 Å². The third-order valence-electron chi connectivity index (χ3n) is 4.58. The highest BCUT2D eigenvalue weighted by Gasteiger charge is 2.23. The molecule has 1 amide bonds. The second-order valence-electron chi connectivity index (χ2n) is 7.85. The Kier molecular flexibility index (Phi) is 9.97. The molecule has 6 nitrogen and oxygen atoms in total. The lowest BCUT2D eigenvalue weighted by molar-refractivity contribution is -0.131. The summed E-state index contributed by atoms with van der Waals surface area (Å²) in [7, 11) is -3.53. The number of likely N-dealkylation sites (tertiary alicyclic amines) is 1. The van der Waals surface area contributed by atoms with Crippen molar-refractivity contribution in [2.75, 3.05) is 32.7 Å². The molecule has 0 unspecified atom stereocenters. The molecule has 1 N–H and O–H groups in total. The van der Waals surface area contributed by atoms with Gasteiger partial charge in [0.2, 0.25) is 5.91 Å². The van der Waals surface area contributed by atoms with Crippen LogP contribution in [0.2, 0.25) is 0 Å². The maximum Gasteiger partial charge on any atom is 0.279 e. The predicted molar refractivity (Wildman–Crippen MR) is 102 cm³/mol. The molecule has 0 bridgehead atoms. The molecule has 1 aliphatic rings. The van der Waals surface area contributed by atoms with E-state index in [9.17, 15) is 13.2 Å². The van der Waals surface area contributed by atoms with Gasteiger partial charge in [0.05, 0.1) is 0 Å². The normalized spacial score (nSPS) is 16.2. The van der Waals surface area contributed by atoms with E-state index in [-0.39, 0.29) is 18.9 Å². The number of carbonyl (C=O) groups is 1. The van der Waals surface area contributed by atoms with Crippen LogP contribution in [0.3, 0.4) is 0 Å². The fourth-order valence-electron chi connectivity index (χ4n) is 2.84. The minimum Gasteiger partial charge on any atom is -0.343 e. The molecule has 7 heteroatoms. The molecule has 1 rings (SSSR count). The van der Waals surface area contributed by atoms with Crippen LogP contribution in [0.15, 0.2) is 0 Å². The summed E-state index contributed by atoms with van der Waals surface area (Å²) in [5, 5.41) is 0. The maximum atomic E-state index is 12.6. The lowest BCUT2D eigenvalue weighted by Crippen LogP contribution is -2.44. The van der Waals surface area contributed by atoms with E-state index in [0.717, 1.165) is 38.8 Å². The summed E-state index contributed by atoms with van der Waals surface area (Å²) in [5.74, 6) is 0.966. The van der Waals surface area contributed by atoms with Crippen LogP contribution >= 0.6 is 0 Å². The number of hydrogen-bond donors (Lipinski definition) is 1. The molecule has 0 radical (unpaired) electrons. The van der Waals surface area contributed by atoms with E-state index in [2.05, 4.69) is 32.4 Å². The molecule has 0 aromatic carbocycles. The first-order chi connectivity index (χ1) is 11.7. The van der Waals surface area contributed by atoms with E-state index >= 15 is 0 Å².